The number of hydrogen-bond donors (Lipinski definition) is 0. The minimum absolute atomic E-state index is 0.366. The molecule has 48 valence electrons. The van der Waals surface area contributed by atoms with E-state index in [4.69, 9.17) is 0 Å². The lowest BCUT2D eigenvalue weighted by molar-refractivity contribution is -0.136. The van der Waals surface area contributed by atoms with Crippen molar-refractivity contribution in [2.24, 2.45) is 0 Å². The number of carbonyl (C=O) groups is 1. The molecule has 0 heterocycles. The van der Waals surface area contributed by atoms with E-state index in [2.05, 4.69) is 23.2 Å². The predicted molar refractivity (Wildman–Crippen MR) is 34.6 cm³/mol. The Morgan fingerprint density at radius 2 is 2.56 bits per heavy atom. The summed E-state index contributed by atoms with van der Waals surface area (Å²) in [5.74, 6) is 4.07. The SMILES string of the molecule is C=CC#CC(=O)OCC. The molecule has 0 radical (unpaired) electrons. The van der Waals surface area contributed by atoms with Crippen LogP contribution in [0.3, 0.4) is 0 Å². The standard InChI is InChI=1S/C7H8O2/c1-3-5-6-7(8)9-4-2/h3H,1,4H2,2H3. The van der Waals surface area contributed by atoms with Gasteiger partial charge in [0.1, 0.15) is 0 Å². The van der Waals surface area contributed by atoms with Crippen LogP contribution in [0.1, 0.15) is 6.92 Å². The number of hydrogen-bond acceptors (Lipinski definition) is 2. The van der Waals surface area contributed by atoms with Gasteiger partial charge in [-0.2, -0.15) is 0 Å². The van der Waals surface area contributed by atoms with E-state index in [1.807, 2.05) is 0 Å². The second kappa shape index (κ2) is 4.92. The maximum absolute atomic E-state index is 10.4. The van der Waals surface area contributed by atoms with Crippen molar-refractivity contribution >= 4 is 5.97 Å². The first-order valence-corrected chi connectivity index (χ1v) is 2.60. The van der Waals surface area contributed by atoms with Gasteiger partial charge in [0.05, 0.1) is 6.61 Å². The van der Waals surface area contributed by atoms with Gasteiger partial charge in [-0.3, -0.25) is 0 Å². The molecule has 0 unspecified atom stereocenters. The van der Waals surface area contributed by atoms with Crippen molar-refractivity contribution in [2.45, 2.75) is 6.92 Å². The van der Waals surface area contributed by atoms with Gasteiger partial charge < -0.3 is 4.74 Å². The van der Waals surface area contributed by atoms with Gasteiger partial charge in [0.2, 0.25) is 0 Å². The summed E-state index contributed by atoms with van der Waals surface area (Å²) in [6.07, 6.45) is 1.34. The van der Waals surface area contributed by atoms with E-state index in [0.717, 1.165) is 0 Å². The van der Waals surface area contributed by atoms with Crippen LogP contribution in [0.25, 0.3) is 0 Å². The van der Waals surface area contributed by atoms with Crippen molar-refractivity contribution in [1.82, 2.24) is 0 Å². The molecule has 0 aromatic heterocycles. The Morgan fingerprint density at radius 3 is 3.00 bits per heavy atom. The minimum Gasteiger partial charge on any atom is -0.456 e. The zero-order valence-corrected chi connectivity index (χ0v) is 5.31. The molecule has 0 aliphatic carbocycles. The Bertz CT molecular complexity index is 159. The van der Waals surface area contributed by atoms with Gasteiger partial charge in [0.15, 0.2) is 0 Å². The highest BCUT2D eigenvalue weighted by Crippen LogP contribution is 1.72. The molecule has 2 heteroatoms. The van der Waals surface area contributed by atoms with E-state index in [-0.39, 0.29) is 0 Å². The van der Waals surface area contributed by atoms with Crippen LogP contribution < -0.4 is 0 Å². The topological polar surface area (TPSA) is 26.3 Å². The first-order chi connectivity index (χ1) is 4.31. The van der Waals surface area contributed by atoms with E-state index in [1.165, 1.54) is 6.08 Å². The molecule has 0 aromatic carbocycles. The first-order valence-electron chi connectivity index (χ1n) is 2.60. The van der Waals surface area contributed by atoms with Gasteiger partial charge >= 0.3 is 5.97 Å². The molecule has 9 heavy (non-hydrogen) atoms. The fourth-order valence-electron chi connectivity index (χ4n) is 0.277. The van der Waals surface area contributed by atoms with Crippen molar-refractivity contribution < 1.29 is 9.53 Å². The van der Waals surface area contributed by atoms with Gasteiger partial charge in [0, 0.05) is 5.92 Å². The van der Waals surface area contributed by atoms with Crippen LogP contribution in [-0.2, 0) is 9.53 Å². The first kappa shape index (κ1) is 7.77. The fraction of sp³-hybridized carbons (Fsp3) is 0.286. The molecule has 0 spiro atoms. The van der Waals surface area contributed by atoms with E-state index in [1.54, 1.807) is 6.92 Å². The summed E-state index contributed by atoms with van der Waals surface area (Å²) in [7, 11) is 0. The lowest BCUT2D eigenvalue weighted by Gasteiger charge is -1.89. The summed E-state index contributed by atoms with van der Waals surface area (Å²) in [4.78, 5) is 10.4. The Balaban J connectivity index is 3.62. The maximum Gasteiger partial charge on any atom is 0.384 e. The van der Waals surface area contributed by atoms with Crippen LogP contribution in [0.15, 0.2) is 12.7 Å². The molecule has 0 bridgehead atoms. The molecule has 0 aliphatic heterocycles. The molecule has 0 aliphatic rings. The third-order valence-corrected chi connectivity index (χ3v) is 0.552. The molecule has 0 amide bonds. The third kappa shape index (κ3) is 4.63. The Labute approximate surface area is 54.5 Å². The number of rotatable bonds is 1. The van der Waals surface area contributed by atoms with Crippen molar-refractivity contribution in [2.75, 3.05) is 6.61 Å². The summed E-state index contributed by atoms with van der Waals surface area (Å²) in [5.41, 5.74) is 0. The molecule has 0 atom stereocenters. The molecular formula is C7H8O2. The van der Waals surface area contributed by atoms with Crippen molar-refractivity contribution in [1.29, 1.82) is 0 Å². The van der Waals surface area contributed by atoms with E-state index >= 15 is 0 Å². The predicted octanol–water partition coefficient (Wildman–Crippen LogP) is 0.739. The molecule has 0 saturated carbocycles. The van der Waals surface area contributed by atoms with Gasteiger partial charge in [-0.25, -0.2) is 4.79 Å². The quantitative estimate of drug-likeness (QED) is 0.293. The zero-order chi connectivity index (χ0) is 7.11. The summed E-state index contributed by atoms with van der Waals surface area (Å²) < 4.78 is 4.48. The van der Waals surface area contributed by atoms with Crippen LogP contribution in [-0.4, -0.2) is 12.6 Å². The average molecular weight is 124 g/mol. The molecule has 0 N–H and O–H groups in total. The highest BCUT2D eigenvalue weighted by molar-refractivity contribution is 5.88. The summed E-state index contributed by atoms with van der Waals surface area (Å²) in [5, 5.41) is 0. The van der Waals surface area contributed by atoms with Crippen LogP contribution in [0.2, 0.25) is 0 Å². The molecule has 2 nitrogen and oxygen atoms in total. The maximum atomic E-state index is 10.4. The monoisotopic (exact) mass is 124 g/mol. The lowest BCUT2D eigenvalue weighted by atomic mass is 10.5. The molecule has 0 rings (SSSR count). The van der Waals surface area contributed by atoms with Gasteiger partial charge in [-0.1, -0.05) is 12.5 Å². The third-order valence-electron chi connectivity index (χ3n) is 0.552. The number of allylic oxidation sites excluding steroid dienone is 1. The molecule has 0 fully saturated rings. The largest absolute Gasteiger partial charge is 0.456 e. The molecule has 0 aromatic rings. The number of ether oxygens (including phenoxy) is 1. The van der Waals surface area contributed by atoms with Crippen LogP contribution in [0.5, 0.6) is 0 Å². The van der Waals surface area contributed by atoms with Crippen LogP contribution >= 0.6 is 0 Å². The highest BCUT2D eigenvalue weighted by atomic mass is 16.5. The fourth-order valence-corrected chi connectivity index (χ4v) is 0.277. The van der Waals surface area contributed by atoms with Crippen molar-refractivity contribution in [3.8, 4) is 11.8 Å². The van der Waals surface area contributed by atoms with Crippen LogP contribution in [0.4, 0.5) is 0 Å². The van der Waals surface area contributed by atoms with E-state index in [9.17, 15) is 4.79 Å². The number of esters is 1. The smallest absolute Gasteiger partial charge is 0.384 e. The van der Waals surface area contributed by atoms with Crippen molar-refractivity contribution in [3.05, 3.63) is 12.7 Å². The van der Waals surface area contributed by atoms with Gasteiger partial charge in [0.25, 0.3) is 0 Å². The lowest BCUT2D eigenvalue weighted by Crippen LogP contribution is -1.98. The van der Waals surface area contributed by atoms with Gasteiger partial charge in [-0.05, 0) is 13.0 Å². The highest BCUT2D eigenvalue weighted by Gasteiger charge is 1.89. The molecular weight excluding hydrogens is 116 g/mol. The second-order valence-corrected chi connectivity index (χ2v) is 1.19. The van der Waals surface area contributed by atoms with Crippen LogP contribution in [0, 0.1) is 11.8 Å². The average Bonchev–Trinajstić information content (AvgIpc) is 1.85. The number of carbonyl (C=O) groups excluding carboxylic acids is 1. The normalized spacial score (nSPS) is 6.78. The van der Waals surface area contributed by atoms with Crippen molar-refractivity contribution in [3.63, 3.8) is 0 Å². The minimum atomic E-state index is -0.502. The van der Waals surface area contributed by atoms with E-state index < -0.39 is 5.97 Å². The summed E-state index contributed by atoms with van der Waals surface area (Å²) in [6.45, 7) is 5.41. The zero-order valence-electron chi connectivity index (χ0n) is 5.31. The van der Waals surface area contributed by atoms with E-state index in [0.29, 0.717) is 6.61 Å². The Hall–Kier alpha value is -1.23. The Kier molecular flexibility index (Phi) is 4.25. The van der Waals surface area contributed by atoms with Gasteiger partial charge in [-0.15, -0.1) is 0 Å². The molecule has 0 saturated heterocycles. The Morgan fingerprint density at radius 1 is 1.89 bits per heavy atom. The summed E-state index contributed by atoms with van der Waals surface area (Å²) in [6, 6.07) is 0. The second-order valence-electron chi connectivity index (χ2n) is 1.19. The summed E-state index contributed by atoms with van der Waals surface area (Å²) >= 11 is 0.